The molecule has 35 heavy (non-hydrogen) atoms. The van der Waals surface area contributed by atoms with Crippen LogP contribution in [-0.2, 0) is 13.0 Å². The Morgan fingerprint density at radius 3 is 2.40 bits per heavy atom. The van der Waals surface area contributed by atoms with Crippen LogP contribution >= 0.6 is 11.6 Å². The number of H-pyrrole nitrogens is 1. The fourth-order valence-electron chi connectivity index (χ4n) is 3.26. The lowest BCUT2D eigenvalue weighted by molar-refractivity contribution is 0.0783. The molecule has 1 unspecified atom stereocenters. The molecule has 1 aliphatic heterocycles. The maximum atomic E-state index is 12.6. The number of nitrogens with zero attached hydrogens (tertiary/aromatic N) is 1. The van der Waals surface area contributed by atoms with E-state index >= 15 is 0 Å². The van der Waals surface area contributed by atoms with Gasteiger partial charge in [0.2, 0.25) is 5.56 Å². The Morgan fingerprint density at radius 2 is 1.80 bits per heavy atom. The number of carbonyl (C=O) groups is 1. The Bertz CT molecular complexity index is 1020. The molecule has 0 saturated carbocycles. The Kier molecular flexibility index (Phi) is 14.4. The average molecular weight is 503 g/mol. The number of pyridine rings is 1. The summed E-state index contributed by atoms with van der Waals surface area (Å²) in [5, 5.41) is 17.0. The lowest BCUT2D eigenvalue weighted by atomic mass is 10.1. The molecule has 1 amide bonds. The summed E-state index contributed by atoms with van der Waals surface area (Å²) in [6, 6.07) is 12.4. The highest BCUT2D eigenvalue weighted by Gasteiger charge is 2.14. The van der Waals surface area contributed by atoms with E-state index in [4.69, 9.17) is 11.6 Å². The van der Waals surface area contributed by atoms with Crippen LogP contribution in [0.4, 0.5) is 0 Å². The number of amides is 1. The highest BCUT2D eigenvalue weighted by molar-refractivity contribution is 6.29. The molecule has 8 heteroatoms. The number of nitrogens with one attached hydrogen (secondary N) is 3. The second kappa shape index (κ2) is 16.7. The van der Waals surface area contributed by atoms with Crippen molar-refractivity contribution in [2.45, 2.75) is 46.8 Å². The lowest BCUT2D eigenvalue weighted by Crippen LogP contribution is -2.33. The zero-order valence-electron chi connectivity index (χ0n) is 21.4. The summed E-state index contributed by atoms with van der Waals surface area (Å²) in [6.07, 6.45) is 3.80. The first-order valence-electron chi connectivity index (χ1n) is 12.1. The van der Waals surface area contributed by atoms with Crippen LogP contribution < -0.4 is 16.2 Å². The maximum Gasteiger partial charge on any atom is 0.253 e. The van der Waals surface area contributed by atoms with Gasteiger partial charge in [-0.1, -0.05) is 63.6 Å². The second-order valence-electron chi connectivity index (χ2n) is 7.48. The van der Waals surface area contributed by atoms with Crippen molar-refractivity contribution in [3.8, 4) is 0 Å². The fourth-order valence-corrected chi connectivity index (χ4v) is 3.39. The number of halogens is 1. The predicted octanol–water partition coefficient (Wildman–Crippen LogP) is 3.80. The molecule has 0 aliphatic carbocycles. The number of hydrogen-bond donors (Lipinski definition) is 4. The van der Waals surface area contributed by atoms with Crippen LogP contribution in [0.3, 0.4) is 0 Å². The zero-order chi connectivity index (χ0) is 26.2. The molecule has 0 bridgehead atoms. The summed E-state index contributed by atoms with van der Waals surface area (Å²) in [4.78, 5) is 28.3. The van der Waals surface area contributed by atoms with Gasteiger partial charge < -0.3 is 25.6 Å². The number of dihydropyridines is 1. The van der Waals surface area contributed by atoms with E-state index < -0.39 is 6.10 Å². The molecular weight excluding hydrogens is 464 g/mol. The minimum Gasteiger partial charge on any atom is -0.387 e. The lowest BCUT2D eigenvalue weighted by Gasteiger charge is -2.19. The van der Waals surface area contributed by atoms with Gasteiger partial charge >= 0.3 is 0 Å². The predicted molar refractivity (Wildman–Crippen MR) is 145 cm³/mol. The summed E-state index contributed by atoms with van der Waals surface area (Å²) in [5.41, 5.74) is 3.09. The van der Waals surface area contributed by atoms with Crippen LogP contribution in [0.25, 0.3) is 0 Å². The second-order valence-corrected chi connectivity index (χ2v) is 7.89. The van der Waals surface area contributed by atoms with Crippen molar-refractivity contribution >= 4 is 17.5 Å². The summed E-state index contributed by atoms with van der Waals surface area (Å²) in [6.45, 7) is 10.0. The third-order valence-electron chi connectivity index (χ3n) is 5.05. The molecule has 0 radical (unpaired) electrons. The monoisotopic (exact) mass is 502 g/mol. The largest absolute Gasteiger partial charge is 0.387 e. The number of aliphatic hydroxyl groups is 1. The Balaban J connectivity index is 0.00000145. The minimum atomic E-state index is -0.566. The van der Waals surface area contributed by atoms with Crippen molar-refractivity contribution in [1.82, 2.24) is 20.5 Å². The van der Waals surface area contributed by atoms with Crippen LogP contribution in [0.1, 0.15) is 49.3 Å². The van der Waals surface area contributed by atoms with Gasteiger partial charge in [-0.25, -0.2) is 0 Å². The summed E-state index contributed by atoms with van der Waals surface area (Å²) in [5.74, 6) is -0.110. The smallest absolute Gasteiger partial charge is 0.253 e. The van der Waals surface area contributed by atoms with E-state index in [9.17, 15) is 14.7 Å². The van der Waals surface area contributed by atoms with E-state index in [0.717, 1.165) is 17.6 Å². The Labute approximate surface area is 213 Å². The normalized spacial score (nSPS) is 13.0. The Morgan fingerprint density at radius 1 is 1.11 bits per heavy atom. The molecule has 3 rings (SSSR count). The topological polar surface area (TPSA) is 97.5 Å². The standard InChI is InChI=1S/C23H27ClN4O3.2C2H6/c1-28(15-19-3-2-4-22(30)27-19)23(31)17-7-5-16(6-8-17)11-12-25-14-20(29)18-9-10-21(24)26-13-18;2*1-2/h2-10,20,25-26,29H,11-15H2,1H3,(H,27,30);2*1-2H3. The van der Waals surface area contributed by atoms with E-state index in [1.807, 2.05) is 58.0 Å². The van der Waals surface area contributed by atoms with Gasteiger partial charge in [0.15, 0.2) is 0 Å². The number of aromatic nitrogens is 1. The Hall–Kier alpha value is -2.87. The summed E-state index contributed by atoms with van der Waals surface area (Å²) < 4.78 is 0. The van der Waals surface area contributed by atoms with Crippen LogP contribution in [0, 0.1) is 0 Å². The van der Waals surface area contributed by atoms with E-state index in [1.165, 1.54) is 6.07 Å². The molecule has 1 aromatic heterocycles. The van der Waals surface area contributed by atoms with Crippen LogP contribution in [0.15, 0.2) is 70.1 Å². The molecule has 1 aromatic carbocycles. The highest BCUT2D eigenvalue weighted by atomic mass is 35.5. The summed E-state index contributed by atoms with van der Waals surface area (Å²) >= 11 is 5.84. The van der Waals surface area contributed by atoms with Gasteiger partial charge in [-0.15, -0.1) is 0 Å². The molecular formula is C27H39ClN4O3. The maximum absolute atomic E-state index is 12.6. The van der Waals surface area contributed by atoms with Crippen molar-refractivity contribution in [3.63, 3.8) is 0 Å². The number of benzene rings is 1. The first-order valence-corrected chi connectivity index (χ1v) is 12.5. The van der Waals surface area contributed by atoms with Gasteiger partial charge in [0.05, 0.1) is 12.6 Å². The highest BCUT2D eigenvalue weighted by Crippen LogP contribution is 2.11. The van der Waals surface area contributed by atoms with Gasteiger partial charge in [-0.2, -0.15) is 0 Å². The van der Waals surface area contributed by atoms with E-state index in [0.29, 0.717) is 42.6 Å². The van der Waals surface area contributed by atoms with Crippen molar-refractivity contribution < 1.29 is 9.90 Å². The SMILES string of the molecule is CC.CC.CN(Cc1cccc(=O)[nH]1)C(=O)c1ccc(CCNCC(O)C2=CC=C(Cl)NC2)cc1. The number of aromatic amines is 1. The molecule has 7 nitrogen and oxygen atoms in total. The van der Waals surface area contributed by atoms with Gasteiger partial charge in [-0.3, -0.25) is 9.59 Å². The van der Waals surface area contributed by atoms with Crippen LogP contribution in [-0.4, -0.2) is 53.7 Å². The molecule has 2 heterocycles. The first kappa shape index (κ1) is 30.2. The molecule has 2 aromatic rings. The molecule has 1 aliphatic rings. The minimum absolute atomic E-state index is 0.110. The van der Waals surface area contributed by atoms with Crippen molar-refractivity contribution in [2.24, 2.45) is 0 Å². The summed E-state index contributed by atoms with van der Waals surface area (Å²) in [7, 11) is 1.71. The average Bonchev–Trinajstić information content (AvgIpc) is 2.89. The van der Waals surface area contributed by atoms with Crippen molar-refractivity contribution in [2.75, 3.05) is 26.7 Å². The molecule has 1 atom stereocenters. The number of aliphatic hydroxyl groups excluding tert-OH is 1. The van der Waals surface area contributed by atoms with E-state index in [1.54, 1.807) is 30.2 Å². The van der Waals surface area contributed by atoms with Gasteiger partial charge in [0.25, 0.3) is 5.91 Å². The molecule has 0 saturated heterocycles. The number of rotatable bonds is 9. The van der Waals surface area contributed by atoms with Gasteiger partial charge in [-0.05, 0) is 48.4 Å². The third kappa shape index (κ3) is 10.5. The molecule has 192 valence electrons. The van der Waals surface area contributed by atoms with Crippen molar-refractivity contribution in [1.29, 1.82) is 0 Å². The van der Waals surface area contributed by atoms with E-state index in [-0.39, 0.29) is 11.5 Å². The third-order valence-corrected chi connectivity index (χ3v) is 5.30. The number of allylic oxidation sites excluding steroid dienone is 2. The first-order chi connectivity index (χ1) is 16.9. The quantitative estimate of drug-likeness (QED) is 0.309. The van der Waals surface area contributed by atoms with Crippen LogP contribution in [0.5, 0.6) is 0 Å². The number of hydrogen-bond acceptors (Lipinski definition) is 5. The van der Waals surface area contributed by atoms with Gasteiger partial charge in [0, 0.05) is 37.5 Å². The van der Waals surface area contributed by atoms with E-state index in [2.05, 4.69) is 15.6 Å². The van der Waals surface area contributed by atoms with Crippen molar-refractivity contribution in [3.05, 3.63) is 92.5 Å². The van der Waals surface area contributed by atoms with Crippen LogP contribution in [0.2, 0.25) is 0 Å². The zero-order valence-corrected chi connectivity index (χ0v) is 22.2. The van der Waals surface area contributed by atoms with Gasteiger partial charge in [0.1, 0.15) is 5.16 Å². The molecule has 4 N–H and O–H groups in total. The fraction of sp³-hybridized carbons (Fsp3) is 0.407. The molecule has 0 spiro atoms. The number of carbonyl (C=O) groups excluding carboxylic acids is 1. The molecule has 0 fully saturated rings.